The van der Waals surface area contributed by atoms with Gasteiger partial charge >= 0.3 is 10.2 Å². The van der Waals surface area contributed by atoms with Gasteiger partial charge in [0.15, 0.2) is 5.78 Å². The first-order valence-corrected chi connectivity index (χ1v) is 15.4. The van der Waals surface area contributed by atoms with Crippen molar-refractivity contribution >= 4 is 16.0 Å². The van der Waals surface area contributed by atoms with Crippen molar-refractivity contribution < 1.29 is 43.5 Å². The van der Waals surface area contributed by atoms with E-state index in [0.717, 1.165) is 12.1 Å². The highest BCUT2D eigenvalue weighted by Crippen LogP contribution is 3.02. The Labute approximate surface area is 228 Å². The Balaban J connectivity index is 1.60. The maximum Gasteiger partial charge on any atom is 0.310 e. The van der Waals surface area contributed by atoms with Gasteiger partial charge in [-0.2, -0.15) is 0 Å². The van der Waals surface area contributed by atoms with Crippen molar-refractivity contribution in [1.82, 2.24) is 4.98 Å². The highest BCUT2D eigenvalue weighted by Gasteiger charge is 2.65. The summed E-state index contributed by atoms with van der Waals surface area (Å²) in [6.07, 6.45) is 0.273. The van der Waals surface area contributed by atoms with Crippen molar-refractivity contribution in [3.05, 3.63) is 57.9 Å². The smallest absolute Gasteiger partial charge is 0.310 e. The number of hydrogen-bond acceptors (Lipinski definition) is 6. The average Bonchev–Trinajstić information content (AvgIpc) is 3.20. The van der Waals surface area contributed by atoms with Gasteiger partial charge in [-0.05, 0) is 37.0 Å². The molecule has 1 N–H and O–H groups in total. The van der Waals surface area contributed by atoms with E-state index in [1.807, 2.05) is 0 Å². The quantitative estimate of drug-likeness (QED) is 0.376. The van der Waals surface area contributed by atoms with Crippen molar-refractivity contribution in [2.24, 2.45) is 5.41 Å². The zero-order valence-electron chi connectivity index (χ0n) is 22.2. The second kappa shape index (κ2) is 8.47. The lowest BCUT2D eigenvalue weighted by Crippen LogP contribution is -2.39. The van der Waals surface area contributed by atoms with Crippen molar-refractivity contribution in [1.29, 1.82) is 0 Å². The predicted octanol–water partition coefficient (Wildman–Crippen LogP) is 7.40. The number of carbonyl (C=O) groups is 1. The number of fused-ring (bicyclic) bond motifs is 4. The van der Waals surface area contributed by atoms with Gasteiger partial charge in [0.1, 0.15) is 16.7 Å². The van der Waals surface area contributed by atoms with Crippen molar-refractivity contribution in [2.75, 3.05) is 26.4 Å². The van der Waals surface area contributed by atoms with E-state index in [2.05, 4.69) is 0 Å². The second-order valence-corrected chi connectivity index (χ2v) is 14.4. The van der Waals surface area contributed by atoms with E-state index in [0.29, 0.717) is 86.6 Å². The minimum absolute atomic E-state index is 0.118. The molecule has 1 spiro atoms. The van der Waals surface area contributed by atoms with Crippen molar-refractivity contribution in [3.8, 4) is 0 Å². The van der Waals surface area contributed by atoms with E-state index in [-0.39, 0.29) is 29.4 Å². The minimum Gasteiger partial charge on any atom is -0.388 e. The third-order valence-electron chi connectivity index (χ3n) is 8.77. The lowest BCUT2D eigenvalue weighted by atomic mass is 9.69. The molecular formula is C28H32F5NO5S. The van der Waals surface area contributed by atoms with E-state index in [4.69, 9.17) is 19.2 Å². The van der Waals surface area contributed by atoms with Gasteiger partial charge in [-0.1, -0.05) is 45.4 Å². The van der Waals surface area contributed by atoms with Crippen molar-refractivity contribution in [2.45, 2.75) is 74.6 Å². The largest absolute Gasteiger partial charge is 0.388 e. The van der Waals surface area contributed by atoms with E-state index in [1.165, 1.54) is 0 Å². The number of carbonyl (C=O) groups excluding carboxylic acids is 1. The van der Waals surface area contributed by atoms with Crippen LogP contribution in [0, 0.1) is 5.41 Å². The first-order valence-electron chi connectivity index (χ1n) is 13.5. The normalized spacial score (nSPS) is 28.1. The Morgan fingerprint density at radius 2 is 1.52 bits per heavy atom. The van der Waals surface area contributed by atoms with Gasteiger partial charge in [0.2, 0.25) is 0 Å². The van der Waals surface area contributed by atoms with Gasteiger partial charge in [0, 0.05) is 67.3 Å². The molecule has 1 aromatic carbocycles. The first kappa shape index (κ1) is 28.0. The number of hydrogen-bond donors (Lipinski definition) is 1. The van der Waals surface area contributed by atoms with E-state index in [1.54, 1.807) is 13.8 Å². The summed E-state index contributed by atoms with van der Waals surface area (Å²) >= 11 is 0. The molecule has 0 unspecified atom stereocenters. The number of aromatic nitrogens is 1. The Morgan fingerprint density at radius 1 is 0.925 bits per heavy atom. The molecule has 0 bridgehead atoms. The molecule has 4 heterocycles. The lowest BCUT2D eigenvalue weighted by molar-refractivity contribution is -0.122. The molecule has 0 radical (unpaired) electrons. The number of ketones is 1. The van der Waals surface area contributed by atoms with Gasteiger partial charge in [0.05, 0.1) is 17.4 Å². The number of aliphatic hydroxyl groups excluding tert-OH is 1. The molecule has 0 amide bonds. The zero-order valence-corrected chi connectivity index (χ0v) is 23.0. The molecule has 2 fully saturated rings. The predicted molar refractivity (Wildman–Crippen MR) is 137 cm³/mol. The summed E-state index contributed by atoms with van der Waals surface area (Å²) in [7, 11) is -9.87. The van der Waals surface area contributed by atoms with Gasteiger partial charge in [-0.3, -0.25) is 4.79 Å². The molecule has 1 aliphatic carbocycles. The summed E-state index contributed by atoms with van der Waals surface area (Å²) in [6, 6.07) is 2.85. The molecule has 2 atom stereocenters. The van der Waals surface area contributed by atoms with Crippen LogP contribution in [0.3, 0.4) is 0 Å². The number of benzene rings is 1. The lowest BCUT2D eigenvalue weighted by Gasteiger charge is -2.40. The Kier molecular flexibility index (Phi) is 5.93. The summed E-state index contributed by atoms with van der Waals surface area (Å²) < 4.78 is 85.4. The highest BCUT2D eigenvalue weighted by atomic mass is 32.5. The van der Waals surface area contributed by atoms with Gasteiger partial charge in [0.25, 0.3) is 0 Å². The molecule has 40 heavy (non-hydrogen) atoms. The molecule has 0 saturated carbocycles. The molecule has 4 aliphatic rings. The average molecular weight is 590 g/mol. The number of ether oxygens (including phenoxy) is 3. The van der Waals surface area contributed by atoms with Crippen LogP contribution in [0.5, 0.6) is 0 Å². The molecule has 3 aliphatic heterocycles. The fraction of sp³-hybridized carbons (Fsp3) is 0.571. The maximum absolute atomic E-state index is 13.7. The third kappa shape index (κ3) is 4.56. The summed E-state index contributed by atoms with van der Waals surface area (Å²) in [5, 5.41) is 11.4. The first-order chi connectivity index (χ1) is 18.5. The molecule has 2 saturated heterocycles. The number of Topliss-reactive ketones (excluding diaryl/α,β-unsaturated/α-hetero) is 1. The maximum atomic E-state index is 13.7. The molecule has 6 rings (SSSR count). The van der Waals surface area contributed by atoms with Gasteiger partial charge in [-0.15, -0.1) is 0 Å². The second-order valence-electron chi connectivity index (χ2n) is 12.0. The highest BCUT2D eigenvalue weighted by molar-refractivity contribution is 8.45. The molecule has 1 aromatic heterocycles. The third-order valence-corrected chi connectivity index (χ3v) is 9.93. The Bertz CT molecular complexity index is 1370. The summed E-state index contributed by atoms with van der Waals surface area (Å²) in [6.45, 7) is 5.18. The molecule has 6 nitrogen and oxygen atoms in total. The molecule has 2 aromatic rings. The minimum atomic E-state index is -9.87. The van der Waals surface area contributed by atoms with Crippen LogP contribution in [0.1, 0.15) is 103 Å². The van der Waals surface area contributed by atoms with Crippen LogP contribution >= 0.6 is 10.2 Å². The summed E-state index contributed by atoms with van der Waals surface area (Å²) in [5.41, 5.74) is 0.914. The summed E-state index contributed by atoms with van der Waals surface area (Å²) in [4.78, 5) is 16.6. The van der Waals surface area contributed by atoms with Crippen LogP contribution in [-0.4, -0.2) is 42.3 Å². The van der Waals surface area contributed by atoms with Gasteiger partial charge in [-0.25, -0.2) is 4.98 Å². The monoisotopic (exact) mass is 589 g/mol. The van der Waals surface area contributed by atoms with Crippen LogP contribution in [0.4, 0.5) is 19.4 Å². The van der Waals surface area contributed by atoms with E-state index >= 15 is 0 Å². The Morgan fingerprint density at radius 3 is 2.12 bits per heavy atom. The number of nitrogens with zero attached hydrogens (tertiary/aromatic N) is 1. The number of rotatable bonds is 3. The van der Waals surface area contributed by atoms with E-state index < -0.39 is 38.3 Å². The van der Waals surface area contributed by atoms with Crippen LogP contribution in [-0.2, 0) is 19.8 Å². The van der Waals surface area contributed by atoms with E-state index in [9.17, 15) is 29.3 Å². The van der Waals surface area contributed by atoms with Gasteiger partial charge < -0.3 is 19.3 Å². The molecule has 220 valence electrons. The van der Waals surface area contributed by atoms with Crippen LogP contribution in [0.15, 0.2) is 29.2 Å². The van der Waals surface area contributed by atoms with Crippen LogP contribution in [0.25, 0.3) is 0 Å². The van der Waals surface area contributed by atoms with Crippen LogP contribution < -0.4 is 0 Å². The molecule has 12 heteroatoms. The zero-order chi connectivity index (χ0) is 28.8. The van der Waals surface area contributed by atoms with Crippen LogP contribution in [0.2, 0.25) is 0 Å². The Hall–Kier alpha value is -2.12. The number of halogens is 5. The SMILES string of the molecule is CC1(C)C[C@H](O)c2c(nc(C3CCOCC3)c3c2C2(CCOCC2)O[C@@H]3c2ccc(S(F)(F)(F)(F)F)cc2)C1=O. The standard InChI is InChI=1S/C28H32F5NO5S/c1-27(2)15-19(35)20-22-21(23(34-24(20)26(27)36)16-7-11-37-12-8-16)25(39-28(22)9-13-38-14-10-28)17-3-5-18(6-4-17)40(29,30,31,32)33/h3-6,16,19,25,35H,7-15H2,1-2H3/t19-,25+/m0/s1. The topological polar surface area (TPSA) is 77.9 Å². The fourth-order valence-electron chi connectivity index (χ4n) is 6.71. The van der Waals surface area contributed by atoms with Crippen molar-refractivity contribution in [3.63, 3.8) is 0 Å². The fourth-order valence-corrected chi connectivity index (χ4v) is 7.36. The molecular weight excluding hydrogens is 557 g/mol. The number of pyridine rings is 1. The number of aliphatic hydroxyl groups is 1. The summed E-state index contributed by atoms with van der Waals surface area (Å²) in [5.74, 6) is -0.303.